The first-order valence-corrected chi connectivity index (χ1v) is 7.45. The van der Waals surface area contributed by atoms with E-state index >= 15 is 0 Å². The molecule has 2 heterocycles. The van der Waals surface area contributed by atoms with Crippen LogP contribution in [0.4, 0.5) is 0 Å². The van der Waals surface area contributed by atoms with E-state index in [0.29, 0.717) is 5.41 Å². The molecule has 1 saturated heterocycles. The van der Waals surface area contributed by atoms with E-state index in [1.165, 1.54) is 0 Å². The summed E-state index contributed by atoms with van der Waals surface area (Å²) in [6, 6.07) is 3.78. The smallest absolute Gasteiger partial charge is 0.253 e. The first kappa shape index (κ1) is 15.0. The van der Waals surface area contributed by atoms with Gasteiger partial charge in [-0.1, -0.05) is 34.6 Å². The molecule has 2 rings (SSSR count). The van der Waals surface area contributed by atoms with Gasteiger partial charge in [-0.25, -0.2) is 0 Å². The molecule has 0 atom stereocenters. The summed E-state index contributed by atoms with van der Waals surface area (Å²) in [6.07, 6.45) is 3.91. The molecule has 0 spiro atoms. The number of nitrogens with zero attached hydrogens (tertiary/aromatic N) is 2. The minimum absolute atomic E-state index is 0.0276. The van der Waals surface area contributed by atoms with Crippen LogP contribution >= 0.6 is 0 Å². The molecule has 3 heteroatoms. The number of carbonyl (C=O) groups is 1. The molecular weight excluding hydrogens is 248 g/mol. The maximum absolute atomic E-state index is 12.6. The first-order valence-electron chi connectivity index (χ1n) is 7.45. The topological polar surface area (TPSA) is 33.2 Å². The average Bonchev–Trinajstić information content (AvgIpc) is 2.37. The molecule has 1 aromatic rings. The van der Waals surface area contributed by atoms with Gasteiger partial charge < -0.3 is 4.90 Å². The zero-order valence-electron chi connectivity index (χ0n) is 13.4. The van der Waals surface area contributed by atoms with Crippen molar-refractivity contribution in [1.29, 1.82) is 0 Å². The Hall–Kier alpha value is -1.38. The molecule has 1 amide bonds. The molecule has 1 aromatic heterocycles. The Morgan fingerprint density at radius 1 is 1.25 bits per heavy atom. The summed E-state index contributed by atoms with van der Waals surface area (Å²) >= 11 is 0. The maximum Gasteiger partial charge on any atom is 0.253 e. The minimum Gasteiger partial charge on any atom is -0.339 e. The third kappa shape index (κ3) is 3.38. The Labute approximate surface area is 122 Å². The monoisotopic (exact) mass is 274 g/mol. The Morgan fingerprint density at radius 3 is 2.40 bits per heavy atom. The predicted molar refractivity (Wildman–Crippen MR) is 81.9 cm³/mol. The minimum atomic E-state index is -0.0276. The van der Waals surface area contributed by atoms with Crippen molar-refractivity contribution in [1.82, 2.24) is 9.88 Å². The van der Waals surface area contributed by atoms with Gasteiger partial charge in [0.1, 0.15) is 0 Å². The Morgan fingerprint density at radius 2 is 1.85 bits per heavy atom. The van der Waals surface area contributed by atoms with Crippen molar-refractivity contribution < 1.29 is 4.79 Å². The highest BCUT2D eigenvalue weighted by atomic mass is 16.2. The lowest BCUT2D eigenvalue weighted by Crippen LogP contribution is -2.41. The van der Waals surface area contributed by atoms with Crippen LogP contribution in [0.3, 0.4) is 0 Å². The number of rotatable bonds is 1. The number of hydrogen-bond donors (Lipinski definition) is 0. The van der Waals surface area contributed by atoms with E-state index in [1.807, 2.05) is 17.0 Å². The van der Waals surface area contributed by atoms with Crippen molar-refractivity contribution in [3.05, 3.63) is 29.6 Å². The molecule has 0 unspecified atom stereocenters. The Balaban J connectivity index is 2.14. The van der Waals surface area contributed by atoms with Gasteiger partial charge in [-0.15, -0.1) is 0 Å². The normalized spacial score (nSPS) is 18.9. The van der Waals surface area contributed by atoms with Crippen LogP contribution in [0, 0.1) is 5.41 Å². The number of aromatic nitrogens is 1. The average molecular weight is 274 g/mol. The van der Waals surface area contributed by atoms with Crippen LogP contribution in [0.2, 0.25) is 0 Å². The lowest BCUT2D eigenvalue weighted by molar-refractivity contribution is 0.0630. The molecule has 0 N–H and O–H groups in total. The number of piperidine rings is 1. The number of amides is 1. The van der Waals surface area contributed by atoms with Crippen molar-refractivity contribution >= 4 is 5.91 Å². The van der Waals surface area contributed by atoms with E-state index in [4.69, 9.17) is 0 Å². The van der Waals surface area contributed by atoms with Crippen molar-refractivity contribution in [3.8, 4) is 0 Å². The van der Waals surface area contributed by atoms with Crippen LogP contribution in [0.25, 0.3) is 0 Å². The summed E-state index contributed by atoms with van der Waals surface area (Å²) in [4.78, 5) is 19.0. The van der Waals surface area contributed by atoms with Gasteiger partial charge in [0.15, 0.2) is 0 Å². The van der Waals surface area contributed by atoms with Gasteiger partial charge >= 0.3 is 0 Å². The van der Waals surface area contributed by atoms with Crippen LogP contribution in [-0.2, 0) is 5.41 Å². The standard InChI is InChI=1S/C17H26N2O/c1-16(2,3)14-12-13(6-9-18-14)15(20)19-10-7-17(4,5)8-11-19/h6,9,12H,7-8,10-11H2,1-5H3. The third-order valence-electron chi connectivity index (χ3n) is 4.18. The van der Waals surface area contributed by atoms with E-state index in [9.17, 15) is 4.79 Å². The summed E-state index contributed by atoms with van der Waals surface area (Å²) in [6.45, 7) is 12.6. The lowest BCUT2D eigenvalue weighted by atomic mass is 9.82. The van der Waals surface area contributed by atoms with Crippen LogP contribution in [0.1, 0.15) is 63.5 Å². The summed E-state index contributed by atoms with van der Waals surface area (Å²) < 4.78 is 0. The zero-order valence-corrected chi connectivity index (χ0v) is 13.4. The van der Waals surface area contributed by atoms with Crippen LogP contribution in [-0.4, -0.2) is 28.9 Å². The van der Waals surface area contributed by atoms with Gasteiger partial charge in [0.05, 0.1) is 0 Å². The van der Waals surface area contributed by atoms with E-state index in [2.05, 4.69) is 39.6 Å². The number of likely N-dealkylation sites (tertiary alicyclic amines) is 1. The molecule has 1 aliphatic rings. The number of hydrogen-bond acceptors (Lipinski definition) is 2. The fraction of sp³-hybridized carbons (Fsp3) is 0.647. The SMILES string of the molecule is CC1(C)CCN(C(=O)c2ccnc(C(C)(C)C)c2)CC1. The molecule has 1 fully saturated rings. The predicted octanol–water partition coefficient (Wildman–Crippen LogP) is 3.64. The zero-order chi connectivity index (χ0) is 15.0. The molecule has 20 heavy (non-hydrogen) atoms. The second-order valence-corrected chi connectivity index (χ2v) is 7.64. The van der Waals surface area contributed by atoms with E-state index in [1.54, 1.807) is 6.20 Å². The third-order valence-corrected chi connectivity index (χ3v) is 4.18. The summed E-state index contributed by atoms with van der Waals surface area (Å²) in [5, 5.41) is 0. The summed E-state index contributed by atoms with van der Waals surface area (Å²) in [7, 11) is 0. The molecule has 0 aliphatic carbocycles. The second-order valence-electron chi connectivity index (χ2n) is 7.64. The first-order chi connectivity index (χ1) is 9.19. The summed E-state index contributed by atoms with van der Waals surface area (Å²) in [5.74, 6) is 0.147. The van der Waals surface area contributed by atoms with Gasteiger partial charge in [0.25, 0.3) is 5.91 Å². The number of carbonyl (C=O) groups excluding carboxylic acids is 1. The van der Waals surface area contributed by atoms with E-state index in [0.717, 1.165) is 37.2 Å². The van der Waals surface area contributed by atoms with Gasteiger partial charge in [-0.05, 0) is 30.4 Å². The largest absolute Gasteiger partial charge is 0.339 e. The molecule has 3 nitrogen and oxygen atoms in total. The van der Waals surface area contributed by atoms with Crippen molar-refractivity contribution in [2.24, 2.45) is 5.41 Å². The summed E-state index contributed by atoms with van der Waals surface area (Å²) in [5.41, 5.74) is 2.08. The number of pyridine rings is 1. The fourth-order valence-corrected chi connectivity index (χ4v) is 2.47. The van der Waals surface area contributed by atoms with Crippen molar-refractivity contribution in [3.63, 3.8) is 0 Å². The molecule has 110 valence electrons. The van der Waals surface area contributed by atoms with Gasteiger partial charge in [-0.2, -0.15) is 0 Å². The van der Waals surface area contributed by atoms with Gasteiger partial charge in [0, 0.05) is 36.0 Å². The molecular formula is C17H26N2O. The molecule has 0 radical (unpaired) electrons. The molecule has 0 saturated carbocycles. The highest BCUT2D eigenvalue weighted by Gasteiger charge is 2.28. The maximum atomic E-state index is 12.6. The Bertz CT molecular complexity index is 490. The lowest BCUT2D eigenvalue weighted by Gasteiger charge is -2.37. The molecule has 1 aliphatic heterocycles. The van der Waals surface area contributed by atoms with Crippen molar-refractivity contribution in [2.75, 3.05) is 13.1 Å². The van der Waals surface area contributed by atoms with Crippen LogP contribution < -0.4 is 0 Å². The van der Waals surface area contributed by atoms with Gasteiger partial charge in [-0.3, -0.25) is 9.78 Å². The van der Waals surface area contributed by atoms with Crippen molar-refractivity contribution in [2.45, 2.75) is 52.9 Å². The highest BCUT2D eigenvalue weighted by molar-refractivity contribution is 5.94. The Kier molecular flexibility index (Phi) is 3.90. The van der Waals surface area contributed by atoms with E-state index < -0.39 is 0 Å². The van der Waals surface area contributed by atoms with Crippen LogP contribution in [0.15, 0.2) is 18.3 Å². The van der Waals surface area contributed by atoms with Gasteiger partial charge in [0.2, 0.25) is 0 Å². The van der Waals surface area contributed by atoms with E-state index in [-0.39, 0.29) is 11.3 Å². The molecule has 0 bridgehead atoms. The highest BCUT2D eigenvalue weighted by Crippen LogP contribution is 2.30. The van der Waals surface area contributed by atoms with Crippen LogP contribution in [0.5, 0.6) is 0 Å². The fourth-order valence-electron chi connectivity index (χ4n) is 2.47. The quantitative estimate of drug-likeness (QED) is 0.783. The second kappa shape index (κ2) is 5.19. The molecule has 0 aromatic carbocycles.